The van der Waals surface area contributed by atoms with Crippen LogP contribution in [0.25, 0.3) is 144 Å². The fourth-order valence-corrected chi connectivity index (χ4v) is 12.7. The molecule has 0 spiro atoms. The summed E-state index contributed by atoms with van der Waals surface area (Å²) in [5.74, 6) is 0.718. The third-order valence-electron chi connectivity index (χ3n) is 16.1. The fraction of sp³-hybridized carbons (Fsp3) is 0.0282. The lowest BCUT2D eigenvalue weighted by Crippen LogP contribution is -2.09. The maximum absolute atomic E-state index is 15.4. The molecule has 0 bridgehead atoms. The number of halogens is 3. The summed E-state index contributed by atoms with van der Waals surface area (Å²) >= 11 is 0. The molecule has 16 aromatic rings. The first-order valence-corrected chi connectivity index (χ1v) is 26.9. The van der Waals surface area contributed by atoms with Crippen molar-refractivity contribution in [2.45, 2.75) is 13.1 Å². The van der Waals surface area contributed by atoms with Crippen molar-refractivity contribution in [2.75, 3.05) is 0 Å². The Morgan fingerprint density at radius 1 is 0.321 bits per heavy atom. The average Bonchev–Trinajstić information content (AvgIpc) is 4.43. The monoisotopic (exact) mass is 1050 g/mol. The fourth-order valence-electron chi connectivity index (χ4n) is 12.7. The van der Waals surface area contributed by atoms with Gasteiger partial charge in [-0.25, -0.2) is 15.0 Å². The van der Waals surface area contributed by atoms with Gasteiger partial charge in [-0.15, -0.1) is 0 Å². The van der Waals surface area contributed by atoms with Crippen LogP contribution in [-0.2, 0) is 6.18 Å². The van der Waals surface area contributed by atoms with Crippen LogP contribution >= 0.6 is 0 Å². The highest BCUT2D eigenvalue weighted by molar-refractivity contribution is 6.28. The first-order valence-electron chi connectivity index (χ1n) is 26.9. The highest BCUT2D eigenvalue weighted by atomic mass is 19.4. The van der Waals surface area contributed by atoms with Crippen LogP contribution < -0.4 is 0 Å². The Kier molecular flexibility index (Phi) is 10.2. The minimum absolute atomic E-state index is 0.0918. The van der Waals surface area contributed by atoms with Crippen molar-refractivity contribution >= 4 is 87.2 Å². The maximum Gasteiger partial charge on any atom is 0.416 e. The first kappa shape index (κ1) is 46.5. The molecule has 11 aromatic carbocycles. The van der Waals surface area contributed by atoms with Crippen molar-refractivity contribution in [3.8, 4) is 56.9 Å². The van der Waals surface area contributed by atoms with Crippen molar-refractivity contribution in [3.63, 3.8) is 0 Å². The van der Waals surface area contributed by atoms with Crippen molar-refractivity contribution in [1.29, 1.82) is 0 Å². The third kappa shape index (κ3) is 7.06. The molecule has 0 unspecified atom stereocenters. The smallest absolute Gasteiger partial charge is 0.309 e. The van der Waals surface area contributed by atoms with E-state index in [9.17, 15) is 0 Å². The van der Waals surface area contributed by atoms with E-state index < -0.39 is 11.7 Å². The predicted octanol–water partition coefficient (Wildman–Crippen LogP) is 18.6. The molecule has 0 radical (unpaired) electrons. The molecule has 0 fully saturated rings. The summed E-state index contributed by atoms with van der Waals surface area (Å²) in [6, 6.07) is 82.6. The van der Waals surface area contributed by atoms with E-state index in [0.717, 1.165) is 116 Å². The Bertz CT molecular complexity index is 5220. The van der Waals surface area contributed by atoms with Gasteiger partial charge in [-0.1, -0.05) is 163 Å². The molecule has 0 saturated heterocycles. The van der Waals surface area contributed by atoms with Gasteiger partial charge in [-0.3, -0.25) is 0 Å². The Hall–Kier alpha value is -10.6. The minimum atomic E-state index is -4.69. The van der Waals surface area contributed by atoms with Gasteiger partial charge >= 0.3 is 6.18 Å². The molecule has 0 N–H and O–H groups in total. The van der Waals surface area contributed by atoms with E-state index in [0.29, 0.717) is 28.5 Å². The summed E-state index contributed by atoms with van der Waals surface area (Å²) in [4.78, 5) is 15.8. The highest BCUT2D eigenvalue weighted by Gasteiger charge is 2.33. The third-order valence-corrected chi connectivity index (χ3v) is 16.1. The lowest BCUT2D eigenvalue weighted by Gasteiger charge is -2.18. The number of rotatable bonds is 7. The van der Waals surface area contributed by atoms with Crippen LogP contribution in [-0.4, -0.2) is 33.2 Å². The largest absolute Gasteiger partial charge is 0.416 e. The molecule has 81 heavy (non-hydrogen) atoms. The molecular formula is C71H44F3N7. The van der Waals surface area contributed by atoms with E-state index in [1.807, 2.05) is 79.7 Å². The quantitative estimate of drug-likeness (QED) is 0.160. The minimum Gasteiger partial charge on any atom is -0.309 e. The number of hydrogen-bond acceptors (Lipinski definition) is 3. The van der Waals surface area contributed by atoms with E-state index in [1.165, 1.54) is 6.07 Å². The lowest BCUT2D eigenvalue weighted by molar-refractivity contribution is -0.137. The highest BCUT2D eigenvalue weighted by Crippen LogP contribution is 2.47. The van der Waals surface area contributed by atoms with Crippen molar-refractivity contribution in [2.24, 2.45) is 0 Å². The Morgan fingerprint density at radius 3 is 1.20 bits per heavy atom. The molecule has 0 aliphatic carbocycles. The van der Waals surface area contributed by atoms with Crippen LogP contribution in [0.2, 0.25) is 0 Å². The number of alkyl halides is 3. The van der Waals surface area contributed by atoms with Crippen LogP contribution in [0.15, 0.2) is 249 Å². The molecule has 5 heterocycles. The van der Waals surface area contributed by atoms with Gasteiger partial charge in [0.05, 0.1) is 61.1 Å². The molecule has 0 aliphatic heterocycles. The topological polar surface area (TPSA) is 58.4 Å². The number of fused-ring (bicyclic) bond motifs is 14. The van der Waals surface area contributed by atoms with Crippen molar-refractivity contribution in [3.05, 3.63) is 260 Å². The molecule has 7 nitrogen and oxygen atoms in total. The van der Waals surface area contributed by atoms with Gasteiger partial charge in [0.25, 0.3) is 0 Å². The zero-order valence-corrected chi connectivity index (χ0v) is 43.4. The van der Waals surface area contributed by atoms with E-state index in [-0.39, 0.29) is 11.4 Å². The second-order valence-electron chi connectivity index (χ2n) is 20.7. The van der Waals surface area contributed by atoms with Gasteiger partial charge in [0.1, 0.15) is 0 Å². The average molecular weight is 1050 g/mol. The Balaban J connectivity index is 0.983. The van der Waals surface area contributed by atoms with E-state index >= 15 is 13.2 Å². The van der Waals surface area contributed by atoms with Crippen LogP contribution in [0.4, 0.5) is 13.2 Å². The standard InChI is InChI=1S/C71H44F3N7/c1-43-33-37-60(80-58-31-17-13-27-52(58)64-62(80)39-35-50-48-25-11-15-29-56(48)78(66(50)64)46-21-7-3-8-22-46)54(41-43)69-75-68(44-19-5-2-6-20-44)76-70(77-69)55-42-45(71(72,73)74)34-38-61(55)81-59-32-18-14-28-53(59)65-63(81)40-36-51-49-26-12-16-30-57(49)79(67(51)65)47-23-9-4-10-24-47/h2-42H,1H3. The number of aryl methyl sites for hydroxylation is 1. The normalized spacial score (nSPS) is 12.2. The first-order chi connectivity index (χ1) is 39.8. The van der Waals surface area contributed by atoms with Gasteiger partial charge in [-0.05, 0) is 97.9 Å². The van der Waals surface area contributed by atoms with Gasteiger partial charge < -0.3 is 18.3 Å². The number of benzene rings is 11. The summed E-state index contributed by atoms with van der Waals surface area (Å²) in [5, 5.41) is 8.49. The van der Waals surface area contributed by atoms with Crippen molar-refractivity contribution < 1.29 is 13.2 Å². The summed E-state index contributed by atoms with van der Waals surface area (Å²) < 4.78 is 55.1. The molecule has 16 rings (SSSR count). The van der Waals surface area contributed by atoms with Crippen molar-refractivity contribution in [1.82, 2.24) is 33.2 Å². The van der Waals surface area contributed by atoms with Crippen LogP contribution in [0, 0.1) is 6.92 Å². The summed E-state index contributed by atoms with van der Waals surface area (Å²) in [7, 11) is 0. The van der Waals surface area contributed by atoms with Gasteiger partial charge in [0.2, 0.25) is 0 Å². The number of hydrogen-bond donors (Lipinski definition) is 0. The SMILES string of the molecule is Cc1ccc(-n2c3ccccc3c3c2ccc2c4ccccc4n(-c4ccccc4)c23)c(-c2nc(-c3ccccc3)nc(-c3cc(C(F)(F)F)ccc3-n3c4ccccc4c4c3ccc3c5ccccc5n(-c5ccccc5)c34)n2)c1. The second-order valence-corrected chi connectivity index (χ2v) is 20.7. The zero-order valence-electron chi connectivity index (χ0n) is 43.4. The van der Waals surface area contributed by atoms with E-state index in [4.69, 9.17) is 15.0 Å². The lowest BCUT2D eigenvalue weighted by atomic mass is 10.0. The molecule has 0 saturated carbocycles. The predicted molar refractivity (Wildman–Crippen MR) is 323 cm³/mol. The van der Waals surface area contributed by atoms with Crippen LogP contribution in [0.1, 0.15) is 11.1 Å². The molecule has 5 aromatic heterocycles. The van der Waals surface area contributed by atoms with Gasteiger partial charge in [0.15, 0.2) is 17.5 Å². The molecule has 10 heteroatoms. The summed E-state index contributed by atoms with van der Waals surface area (Å²) in [5.41, 5.74) is 12.8. The maximum atomic E-state index is 15.4. The Labute approximate surface area is 461 Å². The second kappa shape index (κ2) is 17.7. The molecule has 0 aliphatic rings. The van der Waals surface area contributed by atoms with Crippen LogP contribution in [0.3, 0.4) is 0 Å². The molecular weight excluding hydrogens is 1010 g/mol. The Morgan fingerprint density at radius 2 is 0.716 bits per heavy atom. The van der Waals surface area contributed by atoms with Gasteiger partial charge in [-0.2, -0.15) is 13.2 Å². The number of aromatic nitrogens is 7. The summed E-state index contributed by atoms with van der Waals surface area (Å²) in [6.45, 7) is 2.03. The van der Waals surface area contributed by atoms with Gasteiger partial charge in [0, 0.05) is 71.2 Å². The van der Waals surface area contributed by atoms with E-state index in [2.05, 4.69) is 176 Å². The number of nitrogens with zero attached hydrogens (tertiary/aromatic N) is 7. The zero-order chi connectivity index (χ0) is 54.1. The molecule has 0 amide bonds. The molecule has 0 atom stereocenters. The summed E-state index contributed by atoms with van der Waals surface area (Å²) in [6.07, 6.45) is -4.69. The van der Waals surface area contributed by atoms with Crippen LogP contribution in [0.5, 0.6) is 0 Å². The number of para-hydroxylation sites is 6. The van der Waals surface area contributed by atoms with E-state index in [1.54, 1.807) is 6.07 Å². The molecule has 384 valence electrons.